The molecule has 0 aromatic heterocycles. The first-order valence-electron chi connectivity index (χ1n) is 9.03. The van der Waals surface area contributed by atoms with Crippen LogP contribution in [-0.4, -0.2) is 37.0 Å². The summed E-state index contributed by atoms with van der Waals surface area (Å²) in [6.07, 6.45) is -7.24. The van der Waals surface area contributed by atoms with E-state index in [4.69, 9.17) is 4.74 Å². The molecule has 0 amide bonds. The van der Waals surface area contributed by atoms with Gasteiger partial charge in [0.15, 0.2) is 0 Å². The van der Waals surface area contributed by atoms with E-state index in [0.717, 1.165) is 32.4 Å². The lowest BCUT2D eigenvalue weighted by atomic mass is 9.84. The molecule has 0 aliphatic rings. The van der Waals surface area contributed by atoms with Crippen LogP contribution in [0.15, 0.2) is 24.3 Å². The fraction of sp³-hybridized carbons (Fsp3) is 0.684. The predicted molar refractivity (Wildman–Crippen MR) is 89.9 cm³/mol. The van der Waals surface area contributed by atoms with Crippen molar-refractivity contribution < 1.29 is 53.0 Å². The molecule has 1 rings (SSSR count). The van der Waals surface area contributed by atoms with Crippen LogP contribution in [0, 0.1) is 0 Å². The van der Waals surface area contributed by atoms with Crippen LogP contribution in [0.2, 0.25) is 0 Å². The molecule has 0 aliphatic heterocycles. The van der Waals surface area contributed by atoms with Gasteiger partial charge in [0, 0.05) is 7.11 Å². The molecule has 0 heterocycles. The first kappa shape index (κ1) is 27.4. The molecule has 180 valence electrons. The van der Waals surface area contributed by atoms with Crippen LogP contribution in [0.25, 0.3) is 0 Å². The molecule has 12 heteroatoms. The van der Waals surface area contributed by atoms with Crippen LogP contribution in [0.1, 0.15) is 44.2 Å². The largest absolute Gasteiger partial charge is 0.460 e. The third-order valence-corrected chi connectivity index (χ3v) is 5.00. The second-order valence-electron chi connectivity index (χ2n) is 7.34. The highest BCUT2D eigenvalue weighted by Gasteiger charge is 2.87. The summed E-state index contributed by atoms with van der Waals surface area (Å²) in [4.78, 5) is 0. The van der Waals surface area contributed by atoms with E-state index in [1.54, 1.807) is 0 Å². The standard InChI is InChI=1S/C19H21F11O/c1-4-5-6-12-7-9-13(10-8-12)14(2,31-3)11-15(20,21)16(22,23)17(24,25)18(26,27)19(28,29)30/h7-10H,4-6,11H2,1-3H3. The summed E-state index contributed by atoms with van der Waals surface area (Å²) in [5.41, 5.74) is -1.84. The van der Waals surface area contributed by atoms with Gasteiger partial charge >= 0.3 is 29.9 Å². The van der Waals surface area contributed by atoms with E-state index >= 15 is 0 Å². The maximum absolute atomic E-state index is 14.2. The lowest BCUT2D eigenvalue weighted by Gasteiger charge is -2.40. The zero-order valence-corrected chi connectivity index (χ0v) is 16.7. The van der Waals surface area contributed by atoms with Crippen LogP contribution >= 0.6 is 0 Å². The summed E-state index contributed by atoms with van der Waals surface area (Å²) in [7, 11) is 0.779. The molecule has 0 saturated heterocycles. The van der Waals surface area contributed by atoms with Crippen molar-refractivity contribution in [2.45, 2.75) is 75.0 Å². The molecule has 1 aromatic rings. The summed E-state index contributed by atoms with van der Waals surface area (Å²) in [6, 6.07) is 5.30. The van der Waals surface area contributed by atoms with Gasteiger partial charge in [-0.05, 0) is 30.9 Å². The monoisotopic (exact) mass is 474 g/mol. The number of alkyl halides is 11. The summed E-state index contributed by atoms with van der Waals surface area (Å²) in [5.74, 6) is -27.9. The molecule has 0 radical (unpaired) electrons. The maximum Gasteiger partial charge on any atom is 0.460 e. The number of methoxy groups -OCH3 is 1. The number of hydrogen-bond acceptors (Lipinski definition) is 1. The summed E-state index contributed by atoms with van der Waals surface area (Å²) < 4.78 is 151. The minimum absolute atomic E-state index is 0.184. The van der Waals surface area contributed by atoms with Crippen molar-refractivity contribution >= 4 is 0 Å². The van der Waals surface area contributed by atoms with Gasteiger partial charge in [-0.2, -0.15) is 48.3 Å². The minimum Gasteiger partial charge on any atom is -0.374 e. The highest BCUT2D eigenvalue weighted by molar-refractivity contribution is 5.28. The molecular weight excluding hydrogens is 453 g/mol. The van der Waals surface area contributed by atoms with Crippen molar-refractivity contribution in [2.24, 2.45) is 0 Å². The maximum atomic E-state index is 14.2. The van der Waals surface area contributed by atoms with E-state index in [9.17, 15) is 48.3 Å². The summed E-state index contributed by atoms with van der Waals surface area (Å²) in [6.45, 7) is 2.72. The minimum atomic E-state index is -7.43. The molecule has 0 spiro atoms. The van der Waals surface area contributed by atoms with Crippen molar-refractivity contribution in [1.29, 1.82) is 0 Å². The number of benzene rings is 1. The Morgan fingerprint density at radius 1 is 0.742 bits per heavy atom. The number of rotatable bonds is 10. The van der Waals surface area contributed by atoms with Crippen LogP contribution in [0.4, 0.5) is 48.3 Å². The Hall–Kier alpha value is -1.59. The highest BCUT2D eigenvalue weighted by Crippen LogP contribution is 2.59. The van der Waals surface area contributed by atoms with Gasteiger partial charge in [-0.1, -0.05) is 37.6 Å². The average Bonchev–Trinajstić information content (AvgIpc) is 2.64. The lowest BCUT2D eigenvalue weighted by Crippen LogP contribution is -2.67. The Bertz CT molecular complexity index is 725. The molecule has 1 aromatic carbocycles. The summed E-state index contributed by atoms with van der Waals surface area (Å²) >= 11 is 0. The van der Waals surface area contributed by atoms with Gasteiger partial charge in [-0.25, -0.2) is 0 Å². The average molecular weight is 474 g/mol. The van der Waals surface area contributed by atoms with Gasteiger partial charge in [-0.15, -0.1) is 0 Å². The van der Waals surface area contributed by atoms with E-state index in [1.165, 1.54) is 24.3 Å². The Labute approximate surface area is 171 Å². The van der Waals surface area contributed by atoms with Gasteiger partial charge in [0.2, 0.25) is 0 Å². The van der Waals surface area contributed by atoms with E-state index in [2.05, 4.69) is 0 Å². The van der Waals surface area contributed by atoms with E-state index < -0.39 is 41.9 Å². The number of unbranched alkanes of at least 4 members (excludes halogenated alkanes) is 1. The first-order chi connectivity index (χ1) is 13.8. The summed E-state index contributed by atoms with van der Waals surface area (Å²) in [5, 5.41) is 0. The fourth-order valence-corrected chi connectivity index (χ4v) is 2.84. The highest BCUT2D eigenvalue weighted by atomic mass is 19.4. The van der Waals surface area contributed by atoms with Gasteiger partial charge in [0.25, 0.3) is 0 Å². The molecule has 0 N–H and O–H groups in total. The normalized spacial score (nSPS) is 16.3. The van der Waals surface area contributed by atoms with Crippen LogP contribution < -0.4 is 0 Å². The van der Waals surface area contributed by atoms with Gasteiger partial charge in [0.1, 0.15) is 0 Å². The molecular formula is C19H21F11O. The predicted octanol–water partition coefficient (Wildman–Crippen LogP) is 7.38. The molecule has 0 bridgehead atoms. The van der Waals surface area contributed by atoms with Gasteiger partial charge < -0.3 is 4.74 Å². The SMILES string of the molecule is CCCCc1ccc(C(C)(CC(F)(F)C(F)(F)C(F)(F)C(F)(F)C(F)(F)F)OC)cc1. The van der Waals surface area contributed by atoms with Crippen molar-refractivity contribution in [3.05, 3.63) is 35.4 Å². The smallest absolute Gasteiger partial charge is 0.374 e. The van der Waals surface area contributed by atoms with Crippen molar-refractivity contribution in [2.75, 3.05) is 7.11 Å². The van der Waals surface area contributed by atoms with E-state index in [1.807, 2.05) is 6.92 Å². The molecule has 1 nitrogen and oxygen atoms in total. The van der Waals surface area contributed by atoms with Crippen molar-refractivity contribution in [3.63, 3.8) is 0 Å². The Balaban J connectivity index is 3.32. The lowest BCUT2D eigenvalue weighted by molar-refractivity contribution is -0.424. The number of hydrogen-bond donors (Lipinski definition) is 0. The molecule has 1 atom stereocenters. The van der Waals surface area contributed by atoms with Crippen LogP contribution in [0.5, 0.6) is 0 Å². The third-order valence-electron chi connectivity index (χ3n) is 5.00. The first-order valence-corrected chi connectivity index (χ1v) is 9.03. The fourth-order valence-electron chi connectivity index (χ4n) is 2.84. The van der Waals surface area contributed by atoms with Crippen LogP contribution in [0.3, 0.4) is 0 Å². The molecule has 31 heavy (non-hydrogen) atoms. The Morgan fingerprint density at radius 2 is 1.23 bits per heavy atom. The quantitative estimate of drug-likeness (QED) is 0.322. The second kappa shape index (κ2) is 8.74. The zero-order chi connectivity index (χ0) is 24.5. The molecule has 0 aliphatic carbocycles. The molecule has 0 fully saturated rings. The Kier molecular flexibility index (Phi) is 7.74. The topological polar surface area (TPSA) is 9.23 Å². The molecule has 0 saturated carbocycles. The van der Waals surface area contributed by atoms with E-state index in [-0.39, 0.29) is 5.56 Å². The second-order valence-corrected chi connectivity index (χ2v) is 7.34. The van der Waals surface area contributed by atoms with Gasteiger partial charge in [0.05, 0.1) is 12.0 Å². The number of ether oxygens (including phenoxy) is 1. The van der Waals surface area contributed by atoms with Crippen molar-refractivity contribution in [3.8, 4) is 0 Å². The van der Waals surface area contributed by atoms with Crippen molar-refractivity contribution in [1.82, 2.24) is 0 Å². The van der Waals surface area contributed by atoms with Gasteiger partial charge in [-0.3, -0.25) is 0 Å². The van der Waals surface area contributed by atoms with Crippen LogP contribution in [-0.2, 0) is 16.8 Å². The zero-order valence-electron chi connectivity index (χ0n) is 16.7. The van der Waals surface area contributed by atoms with E-state index in [0.29, 0.717) is 6.42 Å². The number of halogens is 11. The Morgan fingerprint density at radius 3 is 1.61 bits per heavy atom. The molecule has 1 unspecified atom stereocenters. The third kappa shape index (κ3) is 4.93. The number of aryl methyl sites for hydroxylation is 1.